The van der Waals surface area contributed by atoms with Crippen LogP contribution in [-0.4, -0.2) is 27.3 Å². The number of hydrogen-bond acceptors (Lipinski definition) is 4. The highest BCUT2D eigenvalue weighted by Crippen LogP contribution is 2.25. The number of likely N-dealkylation sites (N-methyl/N-ethyl adjacent to an activating group) is 1. The Kier molecular flexibility index (Phi) is 4.74. The van der Waals surface area contributed by atoms with E-state index in [4.69, 9.17) is 5.73 Å². The molecule has 2 atom stereocenters. The largest absolute Gasteiger partial charge is 0.326 e. The molecule has 0 saturated heterocycles. The minimum atomic E-state index is 0.0733. The Morgan fingerprint density at radius 2 is 2.32 bits per heavy atom. The van der Waals surface area contributed by atoms with Crippen molar-refractivity contribution in [2.45, 2.75) is 32.5 Å². The fraction of sp³-hybridized carbons (Fsp3) is 0.500. The van der Waals surface area contributed by atoms with E-state index >= 15 is 0 Å². The first-order valence-corrected chi connectivity index (χ1v) is 7.50. The summed E-state index contributed by atoms with van der Waals surface area (Å²) in [7, 11) is 1.94. The zero-order chi connectivity index (χ0) is 13.8. The normalized spacial score (nSPS) is 14.8. The van der Waals surface area contributed by atoms with Crippen molar-refractivity contribution in [3.63, 3.8) is 0 Å². The molecule has 0 amide bonds. The van der Waals surface area contributed by atoms with Crippen LogP contribution in [0.25, 0.3) is 0 Å². The van der Waals surface area contributed by atoms with Crippen molar-refractivity contribution in [2.75, 3.05) is 6.54 Å². The zero-order valence-electron chi connectivity index (χ0n) is 11.8. The van der Waals surface area contributed by atoms with Gasteiger partial charge in [0, 0.05) is 36.3 Å². The molecule has 2 rings (SSSR count). The minimum Gasteiger partial charge on any atom is -0.326 e. The Labute approximate surface area is 118 Å². The Bertz CT molecular complexity index is 489. The van der Waals surface area contributed by atoms with Crippen molar-refractivity contribution in [1.29, 1.82) is 0 Å². The van der Waals surface area contributed by atoms with Gasteiger partial charge in [-0.2, -0.15) is 5.10 Å². The summed E-state index contributed by atoms with van der Waals surface area (Å²) in [6, 6.07) is 4.55. The van der Waals surface area contributed by atoms with Crippen LogP contribution in [0.2, 0.25) is 0 Å². The van der Waals surface area contributed by atoms with Gasteiger partial charge in [-0.1, -0.05) is 13.0 Å². The summed E-state index contributed by atoms with van der Waals surface area (Å²) in [6.45, 7) is 6.16. The van der Waals surface area contributed by atoms with Crippen LogP contribution >= 0.6 is 11.3 Å². The lowest BCUT2D eigenvalue weighted by Crippen LogP contribution is -2.38. The smallest absolute Gasteiger partial charge is 0.0538 e. The van der Waals surface area contributed by atoms with E-state index in [1.165, 1.54) is 10.4 Å². The first-order chi connectivity index (χ1) is 9.11. The fourth-order valence-corrected chi connectivity index (χ4v) is 3.18. The van der Waals surface area contributed by atoms with E-state index in [1.807, 2.05) is 17.9 Å². The molecule has 0 aromatic carbocycles. The zero-order valence-corrected chi connectivity index (χ0v) is 12.6. The lowest BCUT2D eigenvalue weighted by Gasteiger charge is -2.32. The number of nitrogens with zero attached hydrogens (tertiary/aromatic N) is 3. The lowest BCUT2D eigenvalue weighted by molar-refractivity contribution is 0.178. The third-order valence-corrected chi connectivity index (χ3v) is 4.16. The highest BCUT2D eigenvalue weighted by molar-refractivity contribution is 7.09. The Balaban J connectivity index is 2.21. The summed E-state index contributed by atoms with van der Waals surface area (Å²) in [5, 5.41) is 6.39. The number of nitrogens with two attached hydrogens (primary N) is 1. The standard InChI is InChI=1S/C14H22N4S/c1-4-18(10-13-6-5-7-19-13)14(11(2)15)12-8-16-17(3)9-12/h5-9,11,14H,4,10,15H2,1-3H3. The lowest BCUT2D eigenvalue weighted by atomic mass is 10.0. The van der Waals surface area contributed by atoms with Gasteiger partial charge in [-0.25, -0.2) is 0 Å². The van der Waals surface area contributed by atoms with E-state index in [1.54, 1.807) is 11.3 Å². The molecule has 5 heteroatoms. The molecule has 0 spiro atoms. The van der Waals surface area contributed by atoms with Crippen LogP contribution in [0.1, 0.15) is 30.3 Å². The van der Waals surface area contributed by atoms with Crippen LogP contribution in [0.3, 0.4) is 0 Å². The molecule has 2 heterocycles. The Morgan fingerprint density at radius 1 is 1.53 bits per heavy atom. The predicted molar refractivity (Wildman–Crippen MR) is 80.0 cm³/mol. The third kappa shape index (κ3) is 3.43. The second-order valence-electron chi connectivity index (χ2n) is 4.89. The van der Waals surface area contributed by atoms with E-state index in [2.05, 4.69) is 47.6 Å². The predicted octanol–water partition coefficient (Wildman–Crippen LogP) is 2.39. The van der Waals surface area contributed by atoms with Crippen molar-refractivity contribution >= 4 is 11.3 Å². The summed E-state index contributed by atoms with van der Waals surface area (Å²) in [5.74, 6) is 0. The maximum atomic E-state index is 6.21. The Hall–Kier alpha value is -1.17. The molecule has 0 aliphatic heterocycles. The first-order valence-electron chi connectivity index (χ1n) is 6.62. The highest BCUT2D eigenvalue weighted by Gasteiger charge is 2.24. The Morgan fingerprint density at radius 3 is 2.79 bits per heavy atom. The van der Waals surface area contributed by atoms with Gasteiger partial charge in [0.25, 0.3) is 0 Å². The van der Waals surface area contributed by atoms with E-state index in [0.717, 1.165) is 13.1 Å². The molecular weight excluding hydrogens is 256 g/mol. The van der Waals surface area contributed by atoms with Crippen LogP contribution in [0.4, 0.5) is 0 Å². The summed E-state index contributed by atoms with van der Waals surface area (Å²) < 4.78 is 1.84. The van der Waals surface area contributed by atoms with Crippen LogP contribution < -0.4 is 5.73 Å². The second-order valence-corrected chi connectivity index (χ2v) is 5.93. The minimum absolute atomic E-state index is 0.0733. The summed E-state index contributed by atoms with van der Waals surface area (Å²) in [4.78, 5) is 3.78. The molecule has 0 bridgehead atoms. The number of hydrogen-bond donors (Lipinski definition) is 1. The summed E-state index contributed by atoms with van der Waals surface area (Å²) >= 11 is 1.79. The van der Waals surface area contributed by atoms with Gasteiger partial charge in [0.2, 0.25) is 0 Å². The SMILES string of the molecule is CCN(Cc1cccs1)C(c1cnn(C)c1)C(C)N. The van der Waals surface area contributed by atoms with Gasteiger partial charge in [0.1, 0.15) is 0 Å². The van der Waals surface area contributed by atoms with E-state index in [9.17, 15) is 0 Å². The molecular formula is C14H22N4S. The fourth-order valence-electron chi connectivity index (χ4n) is 2.45. The molecule has 104 valence electrons. The summed E-state index contributed by atoms with van der Waals surface area (Å²) in [6.07, 6.45) is 3.98. The van der Waals surface area contributed by atoms with E-state index in [-0.39, 0.29) is 12.1 Å². The molecule has 2 aromatic heterocycles. The molecule has 0 aliphatic rings. The van der Waals surface area contributed by atoms with Crippen molar-refractivity contribution < 1.29 is 0 Å². The van der Waals surface area contributed by atoms with Crippen LogP contribution in [0.15, 0.2) is 29.9 Å². The molecule has 2 aromatic rings. The van der Waals surface area contributed by atoms with Crippen LogP contribution in [-0.2, 0) is 13.6 Å². The van der Waals surface area contributed by atoms with Gasteiger partial charge in [0.05, 0.1) is 12.2 Å². The monoisotopic (exact) mass is 278 g/mol. The van der Waals surface area contributed by atoms with E-state index in [0.29, 0.717) is 0 Å². The molecule has 2 N–H and O–H groups in total. The third-order valence-electron chi connectivity index (χ3n) is 3.30. The average molecular weight is 278 g/mol. The highest BCUT2D eigenvalue weighted by atomic mass is 32.1. The topological polar surface area (TPSA) is 47.1 Å². The molecule has 4 nitrogen and oxygen atoms in total. The molecule has 0 radical (unpaired) electrons. The quantitative estimate of drug-likeness (QED) is 0.882. The van der Waals surface area contributed by atoms with Gasteiger partial charge in [-0.15, -0.1) is 11.3 Å². The average Bonchev–Trinajstić information content (AvgIpc) is 3.00. The van der Waals surface area contributed by atoms with Crippen molar-refractivity contribution in [3.8, 4) is 0 Å². The first kappa shape index (κ1) is 14.2. The second kappa shape index (κ2) is 6.32. The molecule has 0 aliphatic carbocycles. The summed E-state index contributed by atoms with van der Waals surface area (Å²) in [5.41, 5.74) is 7.40. The van der Waals surface area contributed by atoms with Crippen LogP contribution in [0.5, 0.6) is 0 Å². The van der Waals surface area contributed by atoms with Gasteiger partial charge >= 0.3 is 0 Å². The van der Waals surface area contributed by atoms with Crippen molar-refractivity contribution in [1.82, 2.24) is 14.7 Å². The number of aromatic nitrogens is 2. The molecule has 2 unspecified atom stereocenters. The van der Waals surface area contributed by atoms with Crippen molar-refractivity contribution in [3.05, 3.63) is 40.3 Å². The van der Waals surface area contributed by atoms with Gasteiger partial charge < -0.3 is 5.73 Å². The van der Waals surface area contributed by atoms with Gasteiger partial charge in [-0.05, 0) is 24.9 Å². The molecule has 0 saturated carbocycles. The number of thiophene rings is 1. The molecule has 0 fully saturated rings. The van der Waals surface area contributed by atoms with Crippen LogP contribution in [0, 0.1) is 0 Å². The maximum Gasteiger partial charge on any atom is 0.0538 e. The number of aryl methyl sites for hydroxylation is 1. The van der Waals surface area contributed by atoms with E-state index < -0.39 is 0 Å². The van der Waals surface area contributed by atoms with Gasteiger partial charge in [-0.3, -0.25) is 9.58 Å². The maximum absolute atomic E-state index is 6.21. The molecule has 19 heavy (non-hydrogen) atoms. The number of rotatable bonds is 6. The van der Waals surface area contributed by atoms with Crippen molar-refractivity contribution in [2.24, 2.45) is 12.8 Å². The van der Waals surface area contributed by atoms with Gasteiger partial charge in [0.15, 0.2) is 0 Å².